The molecule has 2 N–H and O–H groups in total. The number of fused-ring (bicyclic) bond motifs is 1. The summed E-state index contributed by atoms with van der Waals surface area (Å²) in [7, 11) is 0. The normalized spacial score (nSPS) is 13.8. The highest BCUT2D eigenvalue weighted by Gasteiger charge is 2.30. The van der Waals surface area contributed by atoms with E-state index in [0.717, 1.165) is 53.9 Å². The number of carboxylic acid groups (broad SMARTS) is 1. The minimum atomic E-state index is -4.40. The van der Waals surface area contributed by atoms with Crippen LogP contribution in [0.4, 0.5) is 18.9 Å². The Bertz CT molecular complexity index is 1560. The van der Waals surface area contributed by atoms with Crippen molar-refractivity contribution < 1.29 is 27.9 Å². The molecule has 0 saturated heterocycles. The number of aromatic carboxylic acids is 1. The smallest absolute Gasteiger partial charge is 0.416 e. The molecule has 0 aromatic heterocycles. The number of hydrogen-bond donors (Lipinski definition) is 2. The number of alkyl halides is 3. The highest BCUT2D eigenvalue weighted by Crippen LogP contribution is 2.32. The Kier molecular flexibility index (Phi) is 7.83. The van der Waals surface area contributed by atoms with Gasteiger partial charge in [0.25, 0.3) is 5.91 Å². The van der Waals surface area contributed by atoms with E-state index < -0.39 is 23.8 Å². The topological polar surface area (TPSA) is 69.6 Å². The summed E-state index contributed by atoms with van der Waals surface area (Å²) in [5, 5.41) is 12.4. The van der Waals surface area contributed by atoms with Crippen molar-refractivity contribution in [2.75, 3.05) is 11.4 Å². The van der Waals surface area contributed by atoms with E-state index in [-0.39, 0.29) is 11.5 Å². The van der Waals surface area contributed by atoms with Gasteiger partial charge in [-0.25, -0.2) is 4.79 Å². The molecule has 0 radical (unpaired) electrons. The second-order valence-electron chi connectivity index (χ2n) is 10.2. The maximum absolute atomic E-state index is 13.0. The number of anilines is 1. The lowest BCUT2D eigenvalue weighted by molar-refractivity contribution is -0.137. The summed E-state index contributed by atoms with van der Waals surface area (Å²) in [4.78, 5) is 26.9. The van der Waals surface area contributed by atoms with E-state index in [1.54, 1.807) is 31.2 Å². The first kappa shape index (κ1) is 28.0. The average molecular weight is 559 g/mol. The summed E-state index contributed by atoms with van der Waals surface area (Å²) in [6, 6.07) is 24.8. The van der Waals surface area contributed by atoms with E-state index in [2.05, 4.69) is 10.2 Å². The van der Waals surface area contributed by atoms with Gasteiger partial charge in [0.15, 0.2) is 0 Å². The largest absolute Gasteiger partial charge is 0.478 e. The number of benzene rings is 4. The van der Waals surface area contributed by atoms with Crippen LogP contribution in [-0.4, -0.2) is 23.5 Å². The first-order chi connectivity index (χ1) is 19.6. The van der Waals surface area contributed by atoms with Crippen LogP contribution in [0.15, 0.2) is 91.0 Å². The van der Waals surface area contributed by atoms with Crippen LogP contribution in [0.5, 0.6) is 0 Å². The van der Waals surface area contributed by atoms with Crippen LogP contribution in [-0.2, 0) is 19.1 Å². The molecule has 8 heteroatoms. The van der Waals surface area contributed by atoms with E-state index in [9.17, 15) is 27.9 Å². The Labute approximate surface area is 236 Å². The van der Waals surface area contributed by atoms with E-state index in [1.807, 2.05) is 42.5 Å². The lowest BCUT2D eigenvalue weighted by Crippen LogP contribution is -2.30. The van der Waals surface area contributed by atoms with Crippen molar-refractivity contribution in [3.8, 4) is 11.1 Å². The molecule has 1 aliphatic heterocycles. The second-order valence-corrected chi connectivity index (χ2v) is 10.2. The van der Waals surface area contributed by atoms with Crippen LogP contribution in [0.1, 0.15) is 62.4 Å². The van der Waals surface area contributed by atoms with Gasteiger partial charge in [-0.15, -0.1) is 0 Å². The number of carboxylic acids is 1. The molecule has 0 fully saturated rings. The molecule has 1 aliphatic rings. The number of amides is 1. The molecule has 1 atom stereocenters. The predicted octanol–water partition coefficient (Wildman–Crippen LogP) is 7.51. The van der Waals surface area contributed by atoms with Crippen molar-refractivity contribution in [1.29, 1.82) is 0 Å². The summed E-state index contributed by atoms with van der Waals surface area (Å²) in [6.07, 6.45) is -2.63. The first-order valence-corrected chi connectivity index (χ1v) is 13.4. The summed E-state index contributed by atoms with van der Waals surface area (Å²) < 4.78 is 38.6. The van der Waals surface area contributed by atoms with Gasteiger partial charge in [0.05, 0.1) is 17.2 Å². The number of nitrogens with one attached hydrogen (secondary N) is 1. The molecule has 0 bridgehead atoms. The van der Waals surface area contributed by atoms with Crippen molar-refractivity contribution in [2.45, 2.75) is 38.5 Å². The molecule has 0 spiro atoms. The van der Waals surface area contributed by atoms with Crippen LogP contribution >= 0.6 is 0 Å². The minimum Gasteiger partial charge on any atom is -0.478 e. The van der Waals surface area contributed by atoms with E-state index in [1.165, 1.54) is 12.1 Å². The SMILES string of the molecule is C[C@H](NC(=O)c1ccc2c(c1)CCCN2Cc1ccc(-c2ccccc2C(=O)O)cc1)c1ccc(C(F)(F)F)cc1. The zero-order valence-electron chi connectivity index (χ0n) is 22.4. The van der Waals surface area contributed by atoms with Gasteiger partial charge in [-0.05, 0) is 84.0 Å². The molecule has 0 aliphatic carbocycles. The molecule has 4 aromatic rings. The summed E-state index contributed by atoms with van der Waals surface area (Å²) in [5.41, 5.74) is 5.36. The van der Waals surface area contributed by atoms with Gasteiger partial charge in [-0.3, -0.25) is 4.79 Å². The number of rotatable bonds is 7. The van der Waals surface area contributed by atoms with E-state index in [0.29, 0.717) is 23.2 Å². The van der Waals surface area contributed by atoms with Gasteiger partial charge in [-0.1, -0.05) is 54.6 Å². The van der Waals surface area contributed by atoms with Gasteiger partial charge in [0, 0.05) is 24.3 Å². The zero-order chi connectivity index (χ0) is 29.1. The molecule has 41 heavy (non-hydrogen) atoms. The summed E-state index contributed by atoms with van der Waals surface area (Å²) >= 11 is 0. The monoisotopic (exact) mass is 558 g/mol. The van der Waals surface area contributed by atoms with Gasteiger partial charge >= 0.3 is 12.1 Å². The number of hydrogen-bond acceptors (Lipinski definition) is 3. The molecule has 1 heterocycles. The summed E-state index contributed by atoms with van der Waals surface area (Å²) in [6.45, 7) is 3.28. The maximum atomic E-state index is 13.0. The van der Waals surface area contributed by atoms with Gasteiger partial charge in [-0.2, -0.15) is 13.2 Å². The first-order valence-electron chi connectivity index (χ1n) is 13.4. The third kappa shape index (κ3) is 6.27. The van der Waals surface area contributed by atoms with Crippen LogP contribution < -0.4 is 10.2 Å². The molecule has 1 amide bonds. The number of halogens is 3. The number of aryl methyl sites for hydroxylation is 1. The van der Waals surface area contributed by atoms with Crippen molar-refractivity contribution in [3.05, 3.63) is 124 Å². The third-order valence-corrected chi connectivity index (χ3v) is 7.44. The molecule has 210 valence electrons. The molecule has 0 unspecified atom stereocenters. The Morgan fingerprint density at radius 3 is 2.34 bits per heavy atom. The fourth-order valence-electron chi connectivity index (χ4n) is 5.24. The number of nitrogens with zero attached hydrogens (tertiary/aromatic N) is 1. The fraction of sp³-hybridized carbons (Fsp3) is 0.212. The predicted molar refractivity (Wildman–Crippen MR) is 152 cm³/mol. The van der Waals surface area contributed by atoms with Crippen molar-refractivity contribution in [2.24, 2.45) is 0 Å². The molecule has 5 nitrogen and oxygen atoms in total. The zero-order valence-corrected chi connectivity index (χ0v) is 22.4. The van der Waals surface area contributed by atoms with Crippen LogP contribution in [0, 0.1) is 0 Å². The van der Waals surface area contributed by atoms with Crippen LogP contribution in [0.3, 0.4) is 0 Å². The molecular weight excluding hydrogens is 529 g/mol. The quantitative estimate of drug-likeness (QED) is 0.246. The Hall–Kier alpha value is -4.59. The van der Waals surface area contributed by atoms with E-state index in [4.69, 9.17) is 0 Å². The van der Waals surface area contributed by atoms with Gasteiger partial charge in [0.1, 0.15) is 0 Å². The molecule has 0 saturated carbocycles. The third-order valence-electron chi connectivity index (χ3n) is 7.44. The Balaban J connectivity index is 1.27. The molecule has 4 aromatic carbocycles. The second kappa shape index (κ2) is 11.5. The van der Waals surface area contributed by atoms with Crippen molar-refractivity contribution in [3.63, 3.8) is 0 Å². The lowest BCUT2D eigenvalue weighted by atomic mass is 9.97. The Morgan fingerprint density at radius 2 is 1.66 bits per heavy atom. The maximum Gasteiger partial charge on any atom is 0.416 e. The highest BCUT2D eigenvalue weighted by molar-refractivity contribution is 5.96. The Morgan fingerprint density at radius 1 is 0.951 bits per heavy atom. The van der Waals surface area contributed by atoms with Gasteiger partial charge < -0.3 is 15.3 Å². The number of carbonyl (C=O) groups is 2. The van der Waals surface area contributed by atoms with Gasteiger partial charge in [0.2, 0.25) is 0 Å². The standard InChI is InChI=1S/C33H29F3N2O3/c1-21(23-12-15-27(16-13-23)33(34,35)36)37-31(39)26-14-17-30-25(19-26)5-4-18-38(30)20-22-8-10-24(11-9-22)28-6-2-3-7-29(28)32(40)41/h2-3,6-17,19,21H,4-5,18,20H2,1H3,(H,37,39)(H,40,41)/t21-/m0/s1. The average Bonchev–Trinajstić information content (AvgIpc) is 2.97. The lowest BCUT2D eigenvalue weighted by Gasteiger charge is -2.32. The highest BCUT2D eigenvalue weighted by atomic mass is 19.4. The molecule has 5 rings (SSSR count). The van der Waals surface area contributed by atoms with Crippen molar-refractivity contribution in [1.82, 2.24) is 5.32 Å². The van der Waals surface area contributed by atoms with E-state index >= 15 is 0 Å². The minimum absolute atomic E-state index is 0.263. The van der Waals surface area contributed by atoms with Crippen LogP contribution in [0.2, 0.25) is 0 Å². The van der Waals surface area contributed by atoms with Crippen LogP contribution in [0.25, 0.3) is 11.1 Å². The van der Waals surface area contributed by atoms with Crippen molar-refractivity contribution >= 4 is 17.6 Å². The number of carbonyl (C=O) groups excluding carboxylic acids is 1. The summed E-state index contributed by atoms with van der Waals surface area (Å²) in [5.74, 6) is -1.24. The fourth-order valence-corrected chi connectivity index (χ4v) is 5.24. The molecular formula is C33H29F3N2O3.